The maximum absolute atomic E-state index is 13.0. The normalized spacial score (nSPS) is 11.5. The Balaban J connectivity index is 1.60. The average molecular weight is 413 g/mol. The van der Waals surface area contributed by atoms with Gasteiger partial charge >= 0.3 is 5.97 Å². The molecule has 0 saturated heterocycles. The molecule has 3 aromatic rings. The largest absolute Gasteiger partial charge is 0.448 e. The van der Waals surface area contributed by atoms with Crippen molar-refractivity contribution in [3.8, 4) is 10.6 Å². The van der Waals surface area contributed by atoms with Crippen molar-refractivity contribution in [1.29, 1.82) is 0 Å². The lowest BCUT2D eigenvalue weighted by Gasteiger charge is -2.13. The molecule has 0 spiro atoms. The lowest BCUT2D eigenvalue weighted by molar-refractivity contribution is -0.123. The molecule has 7 nitrogen and oxygen atoms in total. The standard InChI is InChI=1S/C20H16FN3O4S/c1-11(18(26)23-15-8-4-12(5-9-15)17(22)25)28-20(27)16-10-29-19(24-16)13-2-6-14(21)7-3-13/h2-11H,1H3,(H2,22,25)(H,23,26)/t11-/m1/s1. The van der Waals surface area contributed by atoms with E-state index >= 15 is 0 Å². The van der Waals surface area contributed by atoms with Crippen LogP contribution < -0.4 is 11.1 Å². The van der Waals surface area contributed by atoms with E-state index < -0.39 is 23.9 Å². The predicted octanol–water partition coefficient (Wildman–Crippen LogP) is 3.23. The maximum atomic E-state index is 13.0. The molecule has 1 heterocycles. The molecule has 0 unspecified atom stereocenters. The fraction of sp³-hybridized carbons (Fsp3) is 0.100. The summed E-state index contributed by atoms with van der Waals surface area (Å²) in [6.07, 6.45) is -1.07. The summed E-state index contributed by atoms with van der Waals surface area (Å²) in [7, 11) is 0. The number of aromatic nitrogens is 1. The lowest BCUT2D eigenvalue weighted by Crippen LogP contribution is -2.30. The van der Waals surface area contributed by atoms with Crippen LogP contribution >= 0.6 is 11.3 Å². The smallest absolute Gasteiger partial charge is 0.358 e. The molecule has 0 aliphatic carbocycles. The van der Waals surface area contributed by atoms with Crippen LogP contribution in [0.1, 0.15) is 27.8 Å². The molecule has 148 valence electrons. The van der Waals surface area contributed by atoms with Crippen molar-refractivity contribution in [1.82, 2.24) is 4.98 Å². The highest BCUT2D eigenvalue weighted by molar-refractivity contribution is 7.13. The molecule has 2 aromatic carbocycles. The summed E-state index contributed by atoms with van der Waals surface area (Å²) in [5, 5.41) is 4.62. The highest BCUT2D eigenvalue weighted by Crippen LogP contribution is 2.24. The number of hydrogen-bond acceptors (Lipinski definition) is 6. The van der Waals surface area contributed by atoms with Crippen molar-refractivity contribution in [2.45, 2.75) is 13.0 Å². The van der Waals surface area contributed by atoms with Crippen LogP contribution in [0.4, 0.5) is 10.1 Å². The van der Waals surface area contributed by atoms with Gasteiger partial charge in [0.15, 0.2) is 11.8 Å². The molecular formula is C20H16FN3O4S. The minimum Gasteiger partial charge on any atom is -0.448 e. The molecule has 0 fully saturated rings. The maximum Gasteiger partial charge on any atom is 0.358 e. The molecule has 0 aliphatic rings. The number of esters is 1. The summed E-state index contributed by atoms with van der Waals surface area (Å²) in [6.45, 7) is 1.43. The van der Waals surface area contributed by atoms with Crippen LogP contribution in [0, 0.1) is 5.82 Å². The summed E-state index contributed by atoms with van der Waals surface area (Å²) in [6, 6.07) is 11.7. The van der Waals surface area contributed by atoms with Crippen molar-refractivity contribution >= 4 is 34.8 Å². The van der Waals surface area contributed by atoms with E-state index in [-0.39, 0.29) is 11.5 Å². The van der Waals surface area contributed by atoms with E-state index in [4.69, 9.17) is 10.5 Å². The Bertz CT molecular complexity index is 1050. The van der Waals surface area contributed by atoms with Crippen molar-refractivity contribution in [2.75, 3.05) is 5.32 Å². The summed E-state index contributed by atoms with van der Waals surface area (Å²) in [4.78, 5) is 39.7. The number of nitrogens with one attached hydrogen (secondary N) is 1. The van der Waals surface area contributed by atoms with E-state index in [1.807, 2.05) is 0 Å². The van der Waals surface area contributed by atoms with Crippen LogP contribution in [0.5, 0.6) is 0 Å². The molecule has 3 N–H and O–H groups in total. The van der Waals surface area contributed by atoms with Gasteiger partial charge in [0.05, 0.1) is 0 Å². The van der Waals surface area contributed by atoms with Crippen LogP contribution in [0.2, 0.25) is 0 Å². The Morgan fingerprint density at radius 2 is 1.76 bits per heavy atom. The molecule has 9 heteroatoms. The molecule has 1 aromatic heterocycles. The van der Waals surface area contributed by atoms with Crippen LogP contribution in [0.15, 0.2) is 53.9 Å². The summed E-state index contributed by atoms with van der Waals surface area (Å²) in [5.74, 6) is -2.23. The zero-order chi connectivity index (χ0) is 21.0. The van der Waals surface area contributed by atoms with Crippen molar-refractivity contribution in [3.63, 3.8) is 0 Å². The van der Waals surface area contributed by atoms with Gasteiger partial charge in [0.1, 0.15) is 10.8 Å². The highest BCUT2D eigenvalue weighted by Gasteiger charge is 2.21. The van der Waals surface area contributed by atoms with E-state index in [9.17, 15) is 18.8 Å². The Kier molecular flexibility index (Phi) is 5.99. The third kappa shape index (κ3) is 5.02. The van der Waals surface area contributed by atoms with Gasteiger partial charge in [-0.05, 0) is 55.5 Å². The second kappa shape index (κ2) is 8.61. The van der Waals surface area contributed by atoms with Gasteiger partial charge in [-0.2, -0.15) is 0 Å². The molecule has 29 heavy (non-hydrogen) atoms. The van der Waals surface area contributed by atoms with Gasteiger partial charge in [-0.25, -0.2) is 14.2 Å². The van der Waals surface area contributed by atoms with E-state index in [0.717, 1.165) is 0 Å². The number of hydrogen-bond donors (Lipinski definition) is 2. The number of nitrogens with two attached hydrogens (primary N) is 1. The SMILES string of the molecule is C[C@@H](OC(=O)c1csc(-c2ccc(F)cc2)n1)C(=O)Nc1ccc(C(N)=O)cc1. The number of rotatable bonds is 6. The number of carbonyl (C=O) groups excluding carboxylic acids is 3. The fourth-order valence-corrected chi connectivity index (χ4v) is 3.12. The van der Waals surface area contributed by atoms with E-state index in [0.29, 0.717) is 21.8 Å². The average Bonchev–Trinajstić information content (AvgIpc) is 3.19. The second-order valence-corrected chi connectivity index (χ2v) is 6.88. The molecule has 0 aliphatic heterocycles. The van der Waals surface area contributed by atoms with Crippen LogP contribution in [-0.2, 0) is 9.53 Å². The number of carbonyl (C=O) groups is 3. The van der Waals surface area contributed by atoms with E-state index in [1.54, 1.807) is 12.1 Å². The molecule has 2 amide bonds. The van der Waals surface area contributed by atoms with Gasteiger partial charge in [0.2, 0.25) is 5.91 Å². The first-order valence-electron chi connectivity index (χ1n) is 8.46. The Morgan fingerprint density at radius 3 is 2.38 bits per heavy atom. The third-order valence-corrected chi connectivity index (χ3v) is 4.79. The van der Waals surface area contributed by atoms with Crippen molar-refractivity contribution < 1.29 is 23.5 Å². The fourth-order valence-electron chi connectivity index (χ4n) is 2.33. The number of ether oxygens (including phenoxy) is 1. The van der Waals surface area contributed by atoms with Gasteiger partial charge < -0.3 is 15.8 Å². The topological polar surface area (TPSA) is 111 Å². The summed E-state index contributed by atoms with van der Waals surface area (Å²) in [5.41, 5.74) is 6.62. The number of halogens is 1. The molecule has 0 bridgehead atoms. The first-order chi connectivity index (χ1) is 13.8. The van der Waals surface area contributed by atoms with Gasteiger partial charge in [-0.1, -0.05) is 0 Å². The number of benzene rings is 2. The highest BCUT2D eigenvalue weighted by atomic mass is 32.1. The summed E-state index contributed by atoms with van der Waals surface area (Å²) < 4.78 is 18.2. The van der Waals surface area contributed by atoms with Gasteiger partial charge in [0, 0.05) is 22.2 Å². The molecule has 0 radical (unpaired) electrons. The van der Waals surface area contributed by atoms with Crippen LogP contribution in [0.25, 0.3) is 10.6 Å². The lowest BCUT2D eigenvalue weighted by atomic mass is 10.2. The minimum atomic E-state index is -1.07. The summed E-state index contributed by atoms with van der Waals surface area (Å²) >= 11 is 1.21. The van der Waals surface area contributed by atoms with Gasteiger partial charge in [0.25, 0.3) is 5.91 Å². The number of amides is 2. The quantitative estimate of drug-likeness (QED) is 0.603. The predicted molar refractivity (Wildman–Crippen MR) is 106 cm³/mol. The van der Waals surface area contributed by atoms with Crippen LogP contribution in [0.3, 0.4) is 0 Å². The van der Waals surface area contributed by atoms with Crippen molar-refractivity contribution in [2.24, 2.45) is 5.73 Å². The zero-order valence-electron chi connectivity index (χ0n) is 15.2. The van der Waals surface area contributed by atoms with Crippen molar-refractivity contribution in [3.05, 3.63) is 71.0 Å². The minimum absolute atomic E-state index is 0.0554. The molecular weight excluding hydrogens is 397 g/mol. The second-order valence-electron chi connectivity index (χ2n) is 6.02. The number of nitrogens with zero attached hydrogens (tertiary/aromatic N) is 1. The third-order valence-electron chi connectivity index (χ3n) is 3.89. The zero-order valence-corrected chi connectivity index (χ0v) is 16.0. The van der Waals surface area contributed by atoms with E-state index in [2.05, 4.69) is 10.3 Å². The number of primary amides is 1. The Hall–Kier alpha value is -3.59. The number of thiazole rings is 1. The molecule has 1 atom stereocenters. The molecule has 0 saturated carbocycles. The number of anilines is 1. The van der Waals surface area contributed by atoms with Crippen LogP contribution in [-0.4, -0.2) is 28.9 Å². The Morgan fingerprint density at radius 1 is 1.10 bits per heavy atom. The molecule has 3 rings (SSSR count). The van der Waals surface area contributed by atoms with E-state index in [1.165, 1.54) is 60.0 Å². The van der Waals surface area contributed by atoms with Gasteiger partial charge in [-0.3, -0.25) is 9.59 Å². The first kappa shape index (κ1) is 20.2. The first-order valence-corrected chi connectivity index (χ1v) is 9.34. The van der Waals surface area contributed by atoms with Gasteiger partial charge in [-0.15, -0.1) is 11.3 Å². The Labute approximate surface area is 169 Å². The monoisotopic (exact) mass is 413 g/mol.